The zero-order valence-corrected chi connectivity index (χ0v) is 16.7. The topological polar surface area (TPSA) is 73.0 Å². The molecule has 0 saturated heterocycles. The quantitative estimate of drug-likeness (QED) is 0.393. The van der Waals surface area contributed by atoms with Crippen molar-refractivity contribution in [2.45, 2.75) is 24.8 Å². The fourth-order valence-corrected chi connectivity index (χ4v) is 3.91. The van der Waals surface area contributed by atoms with E-state index in [0.717, 1.165) is 28.0 Å². The van der Waals surface area contributed by atoms with E-state index in [9.17, 15) is 4.79 Å². The standard InChI is InChI=1S/C21H20N4O2S/c1-13-11-14(2)23-21(22-13)28-12-15-7-8-19(27-15)20(26)24-17-5-4-6-18-16(17)9-10-25(18)3/h4-11H,12H2,1-3H3,(H,24,26). The molecule has 0 aliphatic rings. The number of aryl methyl sites for hydroxylation is 3. The predicted molar refractivity (Wildman–Crippen MR) is 111 cm³/mol. The summed E-state index contributed by atoms with van der Waals surface area (Å²) in [4.78, 5) is 21.4. The lowest BCUT2D eigenvalue weighted by Gasteiger charge is -2.06. The number of carbonyl (C=O) groups excluding carboxylic acids is 1. The van der Waals surface area contributed by atoms with Gasteiger partial charge < -0.3 is 14.3 Å². The van der Waals surface area contributed by atoms with Crippen molar-refractivity contribution in [3.8, 4) is 0 Å². The van der Waals surface area contributed by atoms with Crippen LogP contribution in [0.3, 0.4) is 0 Å². The monoisotopic (exact) mass is 392 g/mol. The molecule has 6 nitrogen and oxygen atoms in total. The van der Waals surface area contributed by atoms with Crippen molar-refractivity contribution in [1.29, 1.82) is 0 Å². The Kier molecular flexibility index (Phi) is 4.92. The maximum atomic E-state index is 12.6. The molecule has 1 aromatic carbocycles. The average molecular weight is 392 g/mol. The fraction of sp³-hybridized carbons (Fsp3) is 0.190. The van der Waals surface area contributed by atoms with Crippen LogP contribution < -0.4 is 5.32 Å². The summed E-state index contributed by atoms with van der Waals surface area (Å²) in [6, 6.07) is 13.3. The average Bonchev–Trinajstić information content (AvgIpc) is 3.27. The zero-order chi connectivity index (χ0) is 19.7. The Bertz CT molecular complexity index is 1140. The number of nitrogens with zero attached hydrogens (tertiary/aromatic N) is 3. The Labute approximate surface area is 167 Å². The van der Waals surface area contributed by atoms with Gasteiger partial charge in [-0.05, 0) is 50.2 Å². The van der Waals surface area contributed by atoms with Crippen molar-refractivity contribution in [3.63, 3.8) is 0 Å². The molecule has 0 bridgehead atoms. The van der Waals surface area contributed by atoms with E-state index in [2.05, 4.69) is 15.3 Å². The molecule has 4 rings (SSSR count). The Morgan fingerprint density at radius 3 is 2.71 bits per heavy atom. The number of hydrogen-bond acceptors (Lipinski definition) is 5. The molecule has 0 aliphatic heterocycles. The van der Waals surface area contributed by atoms with Crippen molar-refractivity contribution >= 4 is 34.3 Å². The molecule has 0 saturated carbocycles. The second-order valence-corrected chi connectivity index (χ2v) is 7.55. The first-order valence-electron chi connectivity index (χ1n) is 8.89. The highest BCUT2D eigenvalue weighted by molar-refractivity contribution is 7.98. The van der Waals surface area contributed by atoms with Crippen LogP contribution in [0.4, 0.5) is 5.69 Å². The molecule has 4 aromatic rings. The van der Waals surface area contributed by atoms with Crippen molar-refractivity contribution in [2.75, 3.05) is 5.32 Å². The van der Waals surface area contributed by atoms with Crippen LogP contribution in [-0.4, -0.2) is 20.4 Å². The summed E-state index contributed by atoms with van der Waals surface area (Å²) in [5.41, 5.74) is 3.69. The van der Waals surface area contributed by atoms with Gasteiger partial charge >= 0.3 is 0 Å². The number of carbonyl (C=O) groups is 1. The lowest BCUT2D eigenvalue weighted by molar-refractivity contribution is 0.0995. The van der Waals surface area contributed by atoms with E-state index in [-0.39, 0.29) is 11.7 Å². The third-order valence-corrected chi connectivity index (χ3v) is 5.24. The number of aromatic nitrogens is 3. The number of anilines is 1. The molecule has 0 atom stereocenters. The van der Waals surface area contributed by atoms with Crippen LogP contribution >= 0.6 is 11.8 Å². The number of nitrogens with one attached hydrogen (secondary N) is 1. The molecule has 0 unspecified atom stereocenters. The Morgan fingerprint density at radius 2 is 1.93 bits per heavy atom. The molecule has 28 heavy (non-hydrogen) atoms. The molecule has 0 aliphatic carbocycles. The van der Waals surface area contributed by atoms with Crippen LogP contribution in [0.2, 0.25) is 0 Å². The summed E-state index contributed by atoms with van der Waals surface area (Å²) < 4.78 is 7.74. The molecule has 1 amide bonds. The largest absolute Gasteiger partial charge is 0.455 e. The van der Waals surface area contributed by atoms with Crippen molar-refractivity contribution in [3.05, 3.63) is 71.6 Å². The molecule has 0 fully saturated rings. The molecule has 1 N–H and O–H groups in total. The van der Waals surface area contributed by atoms with Crippen LogP contribution in [0.5, 0.6) is 0 Å². The lowest BCUT2D eigenvalue weighted by Crippen LogP contribution is -2.11. The zero-order valence-electron chi connectivity index (χ0n) is 15.9. The molecule has 3 heterocycles. The maximum absolute atomic E-state index is 12.6. The Hall–Kier alpha value is -3.06. The van der Waals surface area contributed by atoms with E-state index >= 15 is 0 Å². The minimum atomic E-state index is -0.268. The summed E-state index contributed by atoms with van der Waals surface area (Å²) in [7, 11) is 1.98. The SMILES string of the molecule is Cc1cc(C)nc(SCc2ccc(C(=O)Nc3cccc4c3ccn4C)o2)n1. The number of rotatable bonds is 5. The third-order valence-electron chi connectivity index (χ3n) is 4.37. The first-order valence-corrected chi connectivity index (χ1v) is 9.87. The maximum Gasteiger partial charge on any atom is 0.291 e. The highest BCUT2D eigenvalue weighted by Crippen LogP contribution is 2.25. The summed E-state index contributed by atoms with van der Waals surface area (Å²) in [5, 5.41) is 4.64. The molecular weight excluding hydrogens is 372 g/mol. The molecule has 0 spiro atoms. The van der Waals surface area contributed by atoms with Crippen molar-refractivity contribution in [2.24, 2.45) is 7.05 Å². The smallest absolute Gasteiger partial charge is 0.291 e. The van der Waals surface area contributed by atoms with Crippen LogP contribution in [0.25, 0.3) is 10.9 Å². The van der Waals surface area contributed by atoms with Crippen LogP contribution in [0.15, 0.2) is 58.2 Å². The van der Waals surface area contributed by atoms with Gasteiger partial charge in [0.05, 0.1) is 11.4 Å². The molecule has 142 valence electrons. The van der Waals surface area contributed by atoms with Gasteiger partial charge in [0, 0.05) is 35.5 Å². The van der Waals surface area contributed by atoms with Crippen LogP contribution in [0, 0.1) is 13.8 Å². The number of hydrogen-bond donors (Lipinski definition) is 1. The molecule has 3 aromatic heterocycles. The fourth-order valence-electron chi connectivity index (χ4n) is 3.07. The molecule has 7 heteroatoms. The first kappa shape index (κ1) is 18.3. The lowest BCUT2D eigenvalue weighted by atomic mass is 10.2. The van der Waals surface area contributed by atoms with E-state index in [0.29, 0.717) is 16.7 Å². The van der Waals surface area contributed by atoms with E-state index in [1.165, 1.54) is 11.8 Å². The summed E-state index contributed by atoms with van der Waals surface area (Å²) >= 11 is 1.49. The summed E-state index contributed by atoms with van der Waals surface area (Å²) in [6.07, 6.45) is 1.97. The van der Waals surface area contributed by atoms with Gasteiger partial charge in [-0.1, -0.05) is 17.8 Å². The highest BCUT2D eigenvalue weighted by atomic mass is 32.2. The van der Waals surface area contributed by atoms with Gasteiger partial charge in [0.2, 0.25) is 0 Å². The molecular formula is C21H20N4O2S. The number of benzene rings is 1. The van der Waals surface area contributed by atoms with Gasteiger partial charge in [-0.3, -0.25) is 4.79 Å². The highest BCUT2D eigenvalue weighted by Gasteiger charge is 2.14. The van der Waals surface area contributed by atoms with Gasteiger partial charge in [-0.15, -0.1) is 0 Å². The van der Waals surface area contributed by atoms with Gasteiger partial charge in [0.25, 0.3) is 5.91 Å². The Morgan fingerprint density at radius 1 is 1.14 bits per heavy atom. The summed E-state index contributed by atoms with van der Waals surface area (Å²) in [5.74, 6) is 1.28. The summed E-state index contributed by atoms with van der Waals surface area (Å²) in [6.45, 7) is 3.89. The molecule has 0 radical (unpaired) electrons. The van der Waals surface area contributed by atoms with Gasteiger partial charge in [0.15, 0.2) is 10.9 Å². The van der Waals surface area contributed by atoms with E-state index in [1.54, 1.807) is 6.07 Å². The van der Waals surface area contributed by atoms with Crippen LogP contribution in [-0.2, 0) is 12.8 Å². The number of fused-ring (bicyclic) bond motifs is 1. The number of thioether (sulfide) groups is 1. The van der Waals surface area contributed by atoms with Gasteiger partial charge in [0.1, 0.15) is 5.76 Å². The van der Waals surface area contributed by atoms with E-state index in [4.69, 9.17) is 4.42 Å². The van der Waals surface area contributed by atoms with Crippen LogP contribution in [0.1, 0.15) is 27.7 Å². The van der Waals surface area contributed by atoms with Crippen molar-refractivity contribution < 1.29 is 9.21 Å². The number of furan rings is 1. The minimum absolute atomic E-state index is 0.268. The number of amides is 1. The third kappa shape index (κ3) is 3.80. The predicted octanol–water partition coefficient (Wildman–Crippen LogP) is 4.72. The second-order valence-electron chi connectivity index (χ2n) is 6.61. The Balaban J connectivity index is 1.45. The first-order chi connectivity index (χ1) is 13.5. The second kappa shape index (κ2) is 7.52. The van der Waals surface area contributed by atoms with E-state index < -0.39 is 0 Å². The van der Waals surface area contributed by atoms with E-state index in [1.807, 2.05) is 68.1 Å². The van der Waals surface area contributed by atoms with Gasteiger partial charge in [-0.25, -0.2) is 9.97 Å². The van der Waals surface area contributed by atoms with Crippen molar-refractivity contribution in [1.82, 2.24) is 14.5 Å². The van der Waals surface area contributed by atoms with Gasteiger partial charge in [-0.2, -0.15) is 0 Å². The normalized spacial score (nSPS) is 11.1. The minimum Gasteiger partial charge on any atom is -0.455 e.